The SMILES string of the molecule is O=C([O-])CC(CO)C(=O)NC(c1ccccc1)c1cc(F)cc(Cl)c1.[K+]. The van der Waals surface area contributed by atoms with E-state index >= 15 is 0 Å². The van der Waals surface area contributed by atoms with Crippen LogP contribution >= 0.6 is 11.6 Å². The minimum atomic E-state index is -1.45. The van der Waals surface area contributed by atoms with Crippen molar-refractivity contribution in [2.45, 2.75) is 12.5 Å². The van der Waals surface area contributed by atoms with E-state index in [9.17, 15) is 24.2 Å². The molecule has 26 heavy (non-hydrogen) atoms. The molecule has 8 heteroatoms. The molecular weight excluding hydrogens is 388 g/mol. The second-order valence-electron chi connectivity index (χ2n) is 5.51. The van der Waals surface area contributed by atoms with Crippen molar-refractivity contribution in [1.82, 2.24) is 5.32 Å². The molecule has 0 spiro atoms. The largest absolute Gasteiger partial charge is 1.00 e. The van der Waals surface area contributed by atoms with Crippen LogP contribution in [0.1, 0.15) is 23.6 Å². The zero-order valence-corrected chi connectivity index (χ0v) is 18.0. The number of aliphatic hydroxyl groups excluding tert-OH is 1. The summed E-state index contributed by atoms with van der Waals surface area (Å²) in [7, 11) is 0. The Morgan fingerprint density at radius 1 is 1.15 bits per heavy atom. The molecule has 5 nitrogen and oxygen atoms in total. The molecule has 2 atom stereocenters. The van der Waals surface area contributed by atoms with Crippen molar-refractivity contribution in [2.75, 3.05) is 6.61 Å². The summed E-state index contributed by atoms with van der Waals surface area (Å²) in [5, 5.41) is 22.8. The zero-order chi connectivity index (χ0) is 18.4. The summed E-state index contributed by atoms with van der Waals surface area (Å²) in [6, 6.07) is 11.9. The molecule has 0 saturated carbocycles. The first-order chi connectivity index (χ1) is 11.9. The minimum Gasteiger partial charge on any atom is -0.550 e. The molecule has 132 valence electrons. The van der Waals surface area contributed by atoms with E-state index in [2.05, 4.69) is 5.32 Å². The number of carbonyl (C=O) groups excluding carboxylic acids is 2. The molecule has 0 aliphatic heterocycles. The third-order valence-electron chi connectivity index (χ3n) is 3.64. The van der Waals surface area contributed by atoms with Crippen molar-refractivity contribution in [3.8, 4) is 0 Å². The van der Waals surface area contributed by atoms with E-state index in [0.717, 1.165) is 6.07 Å². The Hall–Kier alpha value is -0.804. The van der Waals surface area contributed by atoms with Gasteiger partial charge in [0.25, 0.3) is 0 Å². The van der Waals surface area contributed by atoms with Crippen molar-refractivity contribution in [3.63, 3.8) is 0 Å². The van der Waals surface area contributed by atoms with Gasteiger partial charge in [0.15, 0.2) is 0 Å². The average molecular weight is 404 g/mol. The summed E-state index contributed by atoms with van der Waals surface area (Å²) in [6.45, 7) is -0.648. The minimum absolute atomic E-state index is 0. The van der Waals surface area contributed by atoms with Crippen LogP contribution in [0.4, 0.5) is 4.39 Å². The van der Waals surface area contributed by atoms with Crippen LogP contribution in [0.15, 0.2) is 48.5 Å². The number of aliphatic hydroxyl groups is 1. The number of hydrogen-bond donors (Lipinski definition) is 2. The second kappa shape index (κ2) is 11.1. The van der Waals surface area contributed by atoms with Crippen molar-refractivity contribution < 1.29 is 75.6 Å². The van der Waals surface area contributed by atoms with Gasteiger partial charge in [-0.1, -0.05) is 41.9 Å². The third-order valence-corrected chi connectivity index (χ3v) is 3.86. The maximum atomic E-state index is 13.7. The molecular formula is C18H16ClFKNO4. The second-order valence-corrected chi connectivity index (χ2v) is 5.95. The number of hydrogen-bond acceptors (Lipinski definition) is 4. The van der Waals surface area contributed by atoms with Gasteiger partial charge in [-0.3, -0.25) is 4.79 Å². The molecule has 2 unspecified atom stereocenters. The molecule has 2 aromatic rings. The molecule has 0 saturated heterocycles. The van der Waals surface area contributed by atoms with E-state index in [0.29, 0.717) is 11.1 Å². The van der Waals surface area contributed by atoms with Crippen LogP contribution in [0.25, 0.3) is 0 Å². The first kappa shape index (κ1) is 23.2. The van der Waals surface area contributed by atoms with Gasteiger partial charge < -0.3 is 20.3 Å². The Morgan fingerprint density at radius 2 is 1.81 bits per heavy atom. The van der Waals surface area contributed by atoms with Crippen molar-refractivity contribution in [2.24, 2.45) is 5.92 Å². The zero-order valence-electron chi connectivity index (χ0n) is 14.1. The number of carboxylic acid groups (broad SMARTS) is 1. The van der Waals surface area contributed by atoms with E-state index in [4.69, 9.17) is 11.6 Å². The number of rotatable bonds is 7. The fourth-order valence-electron chi connectivity index (χ4n) is 2.45. The predicted octanol–water partition coefficient (Wildman–Crippen LogP) is -1.56. The van der Waals surface area contributed by atoms with Crippen molar-refractivity contribution in [3.05, 3.63) is 70.5 Å². The molecule has 0 bridgehead atoms. The Morgan fingerprint density at radius 3 is 2.35 bits per heavy atom. The summed E-state index contributed by atoms with van der Waals surface area (Å²) in [5.74, 6) is -3.86. The predicted molar refractivity (Wildman–Crippen MR) is 88.0 cm³/mol. The van der Waals surface area contributed by atoms with Gasteiger partial charge in [-0.05, 0) is 29.3 Å². The first-order valence-electron chi connectivity index (χ1n) is 7.52. The fourth-order valence-corrected chi connectivity index (χ4v) is 2.68. The number of carboxylic acids is 1. The van der Waals surface area contributed by atoms with Crippen molar-refractivity contribution in [1.29, 1.82) is 0 Å². The van der Waals surface area contributed by atoms with Gasteiger partial charge in [0.05, 0.1) is 18.6 Å². The maximum Gasteiger partial charge on any atom is 1.00 e. The Labute approximate surface area is 198 Å². The number of benzene rings is 2. The number of halogens is 2. The molecule has 0 fully saturated rings. The third kappa shape index (κ3) is 6.73. The Balaban J connectivity index is 0.00000338. The van der Waals surface area contributed by atoms with Crippen LogP contribution in [-0.4, -0.2) is 23.6 Å². The van der Waals surface area contributed by atoms with E-state index in [1.54, 1.807) is 30.3 Å². The first-order valence-corrected chi connectivity index (χ1v) is 7.90. The van der Waals surface area contributed by atoms with E-state index < -0.39 is 42.7 Å². The van der Waals surface area contributed by atoms with Gasteiger partial charge in [0.1, 0.15) is 5.82 Å². The van der Waals surface area contributed by atoms with E-state index in [1.165, 1.54) is 12.1 Å². The van der Waals surface area contributed by atoms with Gasteiger partial charge in [0, 0.05) is 17.4 Å². The topological polar surface area (TPSA) is 89.5 Å². The molecule has 1 amide bonds. The normalized spacial score (nSPS) is 12.6. The van der Waals surface area contributed by atoms with Crippen LogP contribution < -0.4 is 61.8 Å². The van der Waals surface area contributed by atoms with Crippen molar-refractivity contribution >= 4 is 23.5 Å². The van der Waals surface area contributed by atoms with Gasteiger partial charge in [-0.2, -0.15) is 0 Å². The molecule has 2 N–H and O–H groups in total. The number of nitrogens with one attached hydrogen (secondary N) is 1. The van der Waals surface area contributed by atoms with Gasteiger partial charge >= 0.3 is 51.4 Å². The quantitative estimate of drug-likeness (QED) is 0.547. The Kier molecular flexibility index (Phi) is 9.95. The molecule has 0 heterocycles. The summed E-state index contributed by atoms with van der Waals surface area (Å²) in [6.07, 6.45) is -0.617. The number of carbonyl (C=O) groups is 2. The van der Waals surface area contributed by atoms with E-state index in [-0.39, 0.29) is 56.4 Å². The number of amides is 1. The van der Waals surface area contributed by atoms with Gasteiger partial charge in [0.2, 0.25) is 5.91 Å². The van der Waals surface area contributed by atoms with E-state index in [1.807, 2.05) is 0 Å². The Bertz CT molecular complexity index is 740. The smallest absolute Gasteiger partial charge is 0.550 e. The average Bonchev–Trinajstić information content (AvgIpc) is 2.57. The molecule has 0 aromatic heterocycles. The van der Waals surface area contributed by atoms with Crippen LogP contribution in [-0.2, 0) is 9.59 Å². The monoisotopic (exact) mass is 403 g/mol. The fraction of sp³-hybridized carbons (Fsp3) is 0.222. The van der Waals surface area contributed by atoms with Crippen LogP contribution in [0.5, 0.6) is 0 Å². The number of aliphatic carboxylic acids is 1. The van der Waals surface area contributed by atoms with Gasteiger partial charge in [-0.15, -0.1) is 0 Å². The molecule has 0 aliphatic carbocycles. The molecule has 0 aliphatic rings. The van der Waals surface area contributed by atoms with Gasteiger partial charge in [-0.25, -0.2) is 4.39 Å². The summed E-state index contributed by atoms with van der Waals surface area (Å²) in [5.41, 5.74) is 1.05. The summed E-state index contributed by atoms with van der Waals surface area (Å²) >= 11 is 5.90. The molecule has 0 radical (unpaired) electrons. The molecule has 2 rings (SSSR count). The summed E-state index contributed by atoms with van der Waals surface area (Å²) < 4.78 is 13.7. The summed E-state index contributed by atoms with van der Waals surface area (Å²) in [4.78, 5) is 23.1. The van der Waals surface area contributed by atoms with Crippen LogP contribution in [0.2, 0.25) is 5.02 Å². The van der Waals surface area contributed by atoms with Crippen LogP contribution in [0.3, 0.4) is 0 Å². The molecule has 2 aromatic carbocycles. The standard InChI is InChI=1S/C18H17ClFNO4.K/c19-14-6-12(7-15(20)9-14)17(11-4-2-1-3-5-11)21-18(25)13(10-22)8-16(23)24;/h1-7,9,13,17,22H,8,10H2,(H,21,25)(H,23,24);/q;+1/p-1. The van der Waals surface area contributed by atoms with Crippen LogP contribution in [0, 0.1) is 11.7 Å². The maximum absolute atomic E-state index is 13.7.